The molecule has 0 radical (unpaired) electrons. The van der Waals surface area contributed by atoms with Gasteiger partial charge >= 0.3 is 6.03 Å². The van der Waals surface area contributed by atoms with Crippen LogP contribution in [0.1, 0.15) is 18.5 Å². The van der Waals surface area contributed by atoms with Gasteiger partial charge < -0.3 is 5.32 Å². The molecule has 1 aliphatic heterocycles. The number of amides is 3. The van der Waals surface area contributed by atoms with Gasteiger partial charge in [-0.3, -0.25) is 19.6 Å². The van der Waals surface area contributed by atoms with Crippen molar-refractivity contribution in [2.24, 2.45) is 0 Å². The first-order valence-electron chi connectivity index (χ1n) is 9.82. The number of hydrogen-bond donors (Lipinski definition) is 2. The summed E-state index contributed by atoms with van der Waals surface area (Å²) in [7, 11) is 0. The van der Waals surface area contributed by atoms with E-state index in [1.165, 1.54) is 4.90 Å². The lowest BCUT2D eigenvalue weighted by Gasteiger charge is -2.15. The van der Waals surface area contributed by atoms with Crippen molar-refractivity contribution in [3.8, 4) is 5.82 Å². The number of imidazole rings is 1. The monoisotopic (exact) mass is 413 g/mol. The highest BCUT2D eigenvalue weighted by Gasteiger charge is 2.28. The maximum atomic E-state index is 11.9. The van der Waals surface area contributed by atoms with Crippen LogP contribution < -0.4 is 15.5 Å². The van der Waals surface area contributed by atoms with Crippen LogP contribution in [0.25, 0.3) is 16.9 Å². The molecule has 4 aromatic rings. The summed E-state index contributed by atoms with van der Waals surface area (Å²) >= 11 is 0. The van der Waals surface area contributed by atoms with Gasteiger partial charge in [0, 0.05) is 11.9 Å². The maximum Gasteiger partial charge on any atom is 0.329 e. The predicted octanol–water partition coefficient (Wildman–Crippen LogP) is 3.04. The normalized spacial score (nSPS) is 14.7. The van der Waals surface area contributed by atoms with E-state index in [1.54, 1.807) is 30.7 Å². The Hall–Kier alpha value is -4.27. The molecule has 0 aliphatic carbocycles. The second-order valence-corrected chi connectivity index (χ2v) is 7.24. The fourth-order valence-electron chi connectivity index (χ4n) is 3.57. The Morgan fingerprint density at radius 3 is 2.68 bits per heavy atom. The minimum atomic E-state index is -0.428. The predicted molar refractivity (Wildman–Crippen MR) is 116 cm³/mol. The van der Waals surface area contributed by atoms with Crippen molar-refractivity contribution >= 4 is 34.6 Å². The fraction of sp³-hybridized carbons (Fsp3) is 0.136. The van der Waals surface area contributed by atoms with Crippen LogP contribution >= 0.6 is 0 Å². The minimum absolute atomic E-state index is 0.00554. The number of hydrogen-bond acceptors (Lipinski definition) is 6. The number of nitrogens with zero attached hydrogens (tertiary/aromatic N) is 5. The first-order chi connectivity index (χ1) is 15.1. The van der Waals surface area contributed by atoms with Gasteiger partial charge in [-0.1, -0.05) is 30.3 Å². The van der Waals surface area contributed by atoms with Gasteiger partial charge in [0.2, 0.25) is 11.9 Å². The zero-order valence-electron chi connectivity index (χ0n) is 16.7. The summed E-state index contributed by atoms with van der Waals surface area (Å²) in [4.78, 5) is 38.2. The number of imide groups is 1. The summed E-state index contributed by atoms with van der Waals surface area (Å²) in [5.74, 6) is 0.864. The Bertz CT molecular complexity index is 1290. The number of nitrogens with one attached hydrogen (secondary N) is 2. The molecule has 2 aromatic heterocycles. The molecule has 3 heterocycles. The van der Waals surface area contributed by atoms with Crippen molar-refractivity contribution in [1.82, 2.24) is 24.8 Å². The summed E-state index contributed by atoms with van der Waals surface area (Å²) < 4.78 is 1.86. The van der Waals surface area contributed by atoms with E-state index >= 15 is 0 Å². The number of benzene rings is 2. The summed E-state index contributed by atoms with van der Waals surface area (Å²) in [6, 6.07) is 16.9. The van der Waals surface area contributed by atoms with Gasteiger partial charge in [0.25, 0.3) is 0 Å². The molecule has 154 valence electrons. The van der Waals surface area contributed by atoms with E-state index in [4.69, 9.17) is 0 Å². The molecule has 5 rings (SSSR count). The molecule has 3 amide bonds. The molecule has 31 heavy (non-hydrogen) atoms. The third kappa shape index (κ3) is 3.57. The van der Waals surface area contributed by atoms with E-state index in [0.717, 1.165) is 11.1 Å². The highest BCUT2D eigenvalue weighted by Crippen LogP contribution is 2.25. The first-order valence-corrected chi connectivity index (χ1v) is 9.82. The Labute approximate surface area is 177 Å². The Balaban J connectivity index is 1.43. The van der Waals surface area contributed by atoms with Crippen molar-refractivity contribution < 1.29 is 9.59 Å². The van der Waals surface area contributed by atoms with Gasteiger partial charge in [-0.2, -0.15) is 4.98 Å². The van der Waals surface area contributed by atoms with Crippen molar-refractivity contribution in [2.45, 2.75) is 13.0 Å². The van der Waals surface area contributed by atoms with Gasteiger partial charge in [-0.05, 0) is 36.8 Å². The van der Waals surface area contributed by atoms with Crippen LogP contribution in [-0.2, 0) is 4.79 Å². The van der Waals surface area contributed by atoms with Crippen molar-refractivity contribution in [3.05, 3.63) is 72.7 Å². The van der Waals surface area contributed by atoms with Crippen LogP contribution in [0, 0.1) is 0 Å². The SMILES string of the molecule is C[C@H](Nc1nccc(-n2cnc3cc(N4CC(=O)NC4=O)ccc32)n1)c1ccccc1. The molecule has 1 atom stereocenters. The second kappa shape index (κ2) is 7.52. The Morgan fingerprint density at radius 1 is 1.06 bits per heavy atom. The lowest BCUT2D eigenvalue weighted by Crippen LogP contribution is -2.27. The summed E-state index contributed by atoms with van der Waals surface area (Å²) in [5, 5.41) is 5.60. The summed E-state index contributed by atoms with van der Waals surface area (Å²) in [5.41, 5.74) is 3.27. The van der Waals surface area contributed by atoms with Gasteiger partial charge in [-0.25, -0.2) is 14.8 Å². The number of urea groups is 1. The van der Waals surface area contributed by atoms with Crippen LogP contribution in [0.2, 0.25) is 0 Å². The third-order valence-electron chi connectivity index (χ3n) is 5.17. The molecule has 9 nitrogen and oxygen atoms in total. The van der Waals surface area contributed by atoms with Gasteiger partial charge in [-0.15, -0.1) is 0 Å². The molecule has 0 unspecified atom stereocenters. The van der Waals surface area contributed by atoms with E-state index in [2.05, 4.69) is 44.6 Å². The lowest BCUT2D eigenvalue weighted by atomic mass is 10.1. The van der Waals surface area contributed by atoms with E-state index in [9.17, 15) is 9.59 Å². The quantitative estimate of drug-likeness (QED) is 0.487. The average Bonchev–Trinajstić information content (AvgIpc) is 3.36. The van der Waals surface area contributed by atoms with Gasteiger partial charge in [0.15, 0.2) is 0 Å². The lowest BCUT2D eigenvalue weighted by molar-refractivity contribution is -0.117. The molecule has 0 saturated carbocycles. The Kier molecular flexibility index (Phi) is 4.55. The standard InChI is InChI=1S/C22H19N7O2/c1-14(15-5-3-2-4-6-15)25-21-23-10-9-19(26-21)29-13-24-17-11-16(7-8-18(17)29)28-12-20(30)27-22(28)31/h2-11,13-14H,12H2,1H3,(H,23,25,26)(H,27,30,31)/t14-/m0/s1. The highest BCUT2D eigenvalue weighted by atomic mass is 16.2. The van der Waals surface area contributed by atoms with Gasteiger partial charge in [0.05, 0.1) is 17.1 Å². The average molecular weight is 413 g/mol. The zero-order chi connectivity index (χ0) is 21.4. The van der Waals surface area contributed by atoms with Crippen LogP contribution in [-0.4, -0.2) is 38.0 Å². The fourth-order valence-corrected chi connectivity index (χ4v) is 3.57. The van der Waals surface area contributed by atoms with Crippen molar-refractivity contribution in [3.63, 3.8) is 0 Å². The number of rotatable bonds is 5. The maximum absolute atomic E-state index is 11.9. The summed E-state index contributed by atoms with van der Waals surface area (Å²) in [6.45, 7) is 2.06. The van der Waals surface area contributed by atoms with E-state index in [-0.39, 0.29) is 18.5 Å². The van der Waals surface area contributed by atoms with Crippen LogP contribution in [0.5, 0.6) is 0 Å². The number of carbonyl (C=O) groups is 2. The molecular weight excluding hydrogens is 394 g/mol. The molecule has 1 saturated heterocycles. The third-order valence-corrected chi connectivity index (χ3v) is 5.17. The summed E-state index contributed by atoms with van der Waals surface area (Å²) in [6.07, 6.45) is 3.37. The number of carbonyl (C=O) groups excluding carboxylic acids is 2. The van der Waals surface area contributed by atoms with Gasteiger partial charge in [0.1, 0.15) is 18.7 Å². The number of anilines is 2. The zero-order valence-corrected chi connectivity index (χ0v) is 16.7. The largest absolute Gasteiger partial charge is 0.348 e. The minimum Gasteiger partial charge on any atom is -0.348 e. The van der Waals surface area contributed by atoms with E-state index in [0.29, 0.717) is 23.0 Å². The second-order valence-electron chi connectivity index (χ2n) is 7.24. The molecule has 2 N–H and O–H groups in total. The van der Waals surface area contributed by atoms with E-state index in [1.807, 2.05) is 28.8 Å². The van der Waals surface area contributed by atoms with Crippen LogP contribution in [0.3, 0.4) is 0 Å². The topological polar surface area (TPSA) is 105 Å². The Morgan fingerprint density at radius 2 is 1.90 bits per heavy atom. The van der Waals surface area contributed by atoms with Crippen molar-refractivity contribution in [1.29, 1.82) is 0 Å². The number of aromatic nitrogens is 4. The van der Waals surface area contributed by atoms with Crippen LogP contribution in [0.15, 0.2) is 67.1 Å². The molecule has 9 heteroatoms. The smallest absolute Gasteiger partial charge is 0.329 e. The number of fused-ring (bicyclic) bond motifs is 1. The first kappa shape index (κ1) is 18.7. The molecule has 0 bridgehead atoms. The highest BCUT2D eigenvalue weighted by molar-refractivity contribution is 6.12. The van der Waals surface area contributed by atoms with Crippen LogP contribution in [0.4, 0.5) is 16.4 Å². The molecule has 0 spiro atoms. The molecule has 1 aliphatic rings. The molecular formula is C22H19N7O2. The van der Waals surface area contributed by atoms with E-state index < -0.39 is 6.03 Å². The van der Waals surface area contributed by atoms with Crippen molar-refractivity contribution in [2.75, 3.05) is 16.8 Å². The molecule has 1 fully saturated rings. The molecule has 2 aromatic carbocycles.